The number of aliphatic hydroxyl groups excluding tert-OH is 1. The second-order valence-corrected chi connectivity index (χ2v) is 5.70. The van der Waals surface area contributed by atoms with Gasteiger partial charge in [-0.2, -0.15) is 5.10 Å². The molecular weight excluding hydrogens is 244 g/mol. The van der Waals surface area contributed by atoms with Gasteiger partial charge < -0.3 is 10.4 Å². The minimum Gasteiger partial charge on any atom is -0.396 e. The largest absolute Gasteiger partial charge is 0.396 e. The van der Waals surface area contributed by atoms with Gasteiger partial charge in [0.2, 0.25) is 0 Å². The molecule has 2 amide bonds. The molecule has 1 aromatic rings. The van der Waals surface area contributed by atoms with Gasteiger partial charge in [-0.05, 0) is 25.7 Å². The summed E-state index contributed by atoms with van der Waals surface area (Å²) in [5, 5.41) is 18.7. The average molecular weight is 268 g/mol. The van der Waals surface area contributed by atoms with Gasteiger partial charge in [-0.3, -0.25) is 5.32 Å². The fourth-order valence-corrected chi connectivity index (χ4v) is 1.70. The molecule has 3 N–H and O–H groups in total. The van der Waals surface area contributed by atoms with Crippen molar-refractivity contribution >= 4 is 11.8 Å². The van der Waals surface area contributed by atoms with Crippen molar-refractivity contribution in [2.24, 2.45) is 5.41 Å². The second-order valence-electron chi connectivity index (χ2n) is 5.70. The molecule has 0 spiro atoms. The van der Waals surface area contributed by atoms with Gasteiger partial charge in [0.25, 0.3) is 0 Å². The summed E-state index contributed by atoms with van der Waals surface area (Å²) in [6.07, 6.45) is 2.31. The summed E-state index contributed by atoms with van der Waals surface area (Å²) in [6, 6.07) is 1.70. The Kier molecular flexibility index (Phi) is 5.35. The summed E-state index contributed by atoms with van der Waals surface area (Å²) < 4.78 is 1.75. The molecule has 1 heterocycles. The lowest BCUT2D eigenvalue weighted by atomic mass is 9.90. The predicted octanol–water partition coefficient (Wildman–Crippen LogP) is 1.99. The van der Waals surface area contributed by atoms with Crippen LogP contribution in [0.15, 0.2) is 12.3 Å². The number of nitrogens with one attached hydrogen (secondary N) is 2. The van der Waals surface area contributed by atoms with Crippen molar-refractivity contribution in [1.29, 1.82) is 0 Å². The van der Waals surface area contributed by atoms with E-state index in [2.05, 4.69) is 15.7 Å². The highest BCUT2D eigenvalue weighted by atomic mass is 16.3. The minimum absolute atomic E-state index is 0.121. The minimum atomic E-state index is -0.256. The third kappa shape index (κ3) is 4.90. The Labute approximate surface area is 114 Å². The highest BCUT2D eigenvalue weighted by Crippen LogP contribution is 2.18. The predicted molar refractivity (Wildman–Crippen MR) is 75.1 cm³/mol. The van der Waals surface area contributed by atoms with Crippen molar-refractivity contribution in [2.45, 2.75) is 40.2 Å². The number of amides is 2. The zero-order valence-electron chi connectivity index (χ0n) is 12.1. The standard InChI is InChI=1S/C13H24N4O2/c1-10(2)17-11(5-7-15-17)16-12(19)14-9-13(3,4)6-8-18/h5,7,10,18H,6,8-9H2,1-4H3,(H2,14,16,19). The number of rotatable bonds is 6. The van der Waals surface area contributed by atoms with Crippen LogP contribution in [0.3, 0.4) is 0 Å². The monoisotopic (exact) mass is 268 g/mol. The number of urea groups is 1. The van der Waals surface area contributed by atoms with E-state index in [0.717, 1.165) is 0 Å². The van der Waals surface area contributed by atoms with Crippen molar-refractivity contribution in [3.63, 3.8) is 0 Å². The molecule has 0 aliphatic carbocycles. The molecule has 0 aliphatic rings. The first-order valence-corrected chi connectivity index (χ1v) is 6.55. The fraction of sp³-hybridized carbons (Fsp3) is 0.692. The van der Waals surface area contributed by atoms with E-state index in [4.69, 9.17) is 5.11 Å². The van der Waals surface area contributed by atoms with Crippen LogP contribution in [0.1, 0.15) is 40.2 Å². The number of anilines is 1. The number of hydrogen-bond acceptors (Lipinski definition) is 3. The maximum atomic E-state index is 11.8. The Morgan fingerprint density at radius 2 is 2.21 bits per heavy atom. The number of carbonyl (C=O) groups is 1. The quantitative estimate of drug-likeness (QED) is 0.738. The number of nitrogens with zero attached hydrogens (tertiary/aromatic N) is 2. The first-order chi connectivity index (χ1) is 8.85. The number of aliphatic hydroxyl groups is 1. The highest BCUT2D eigenvalue weighted by molar-refractivity contribution is 5.88. The van der Waals surface area contributed by atoms with Crippen LogP contribution in [0, 0.1) is 5.41 Å². The van der Waals surface area contributed by atoms with E-state index >= 15 is 0 Å². The fourth-order valence-electron chi connectivity index (χ4n) is 1.70. The molecule has 6 heteroatoms. The summed E-state index contributed by atoms with van der Waals surface area (Å²) in [6.45, 7) is 8.64. The van der Waals surface area contributed by atoms with Gasteiger partial charge in [-0.25, -0.2) is 9.48 Å². The zero-order chi connectivity index (χ0) is 14.5. The average Bonchev–Trinajstić information content (AvgIpc) is 2.75. The Morgan fingerprint density at radius 3 is 2.79 bits per heavy atom. The molecule has 19 heavy (non-hydrogen) atoms. The van der Waals surface area contributed by atoms with Gasteiger partial charge in [0.15, 0.2) is 0 Å². The molecule has 0 fully saturated rings. The molecule has 6 nitrogen and oxygen atoms in total. The summed E-state index contributed by atoms with van der Waals surface area (Å²) in [5.74, 6) is 0.674. The van der Waals surface area contributed by atoms with Crippen LogP contribution in [0.5, 0.6) is 0 Å². The molecule has 0 saturated heterocycles. The van der Waals surface area contributed by atoms with Crippen molar-refractivity contribution in [3.05, 3.63) is 12.3 Å². The third-order valence-corrected chi connectivity index (χ3v) is 2.92. The van der Waals surface area contributed by atoms with Gasteiger partial charge >= 0.3 is 6.03 Å². The van der Waals surface area contributed by atoms with Crippen molar-refractivity contribution < 1.29 is 9.90 Å². The summed E-state index contributed by atoms with van der Waals surface area (Å²) >= 11 is 0. The molecule has 1 rings (SSSR count). The van der Waals surface area contributed by atoms with Gasteiger partial charge in [0.05, 0.1) is 6.20 Å². The molecule has 0 aliphatic heterocycles. The normalized spacial score (nSPS) is 11.7. The maximum absolute atomic E-state index is 11.8. The van der Waals surface area contributed by atoms with E-state index in [1.807, 2.05) is 27.7 Å². The Morgan fingerprint density at radius 1 is 1.53 bits per heavy atom. The van der Waals surface area contributed by atoms with E-state index in [-0.39, 0.29) is 24.1 Å². The SMILES string of the molecule is CC(C)n1nccc1NC(=O)NCC(C)(C)CCO. The lowest BCUT2D eigenvalue weighted by Crippen LogP contribution is -2.37. The van der Waals surface area contributed by atoms with Crippen molar-refractivity contribution in [2.75, 3.05) is 18.5 Å². The van der Waals surface area contributed by atoms with Gasteiger partial charge in [-0.1, -0.05) is 13.8 Å². The van der Waals surface area contributed by atoms with Crippen LogP contribution >= 0.6 is 0 Å². The van der Waals surface area contributed by atoms with Crippen LogP contribution in [-0.4, -0.2) is 34.1 Å². The first kappa shape index (κ1) is 15.5. The summed E-state index contributed by atoms with van der Waals surface area (Å²) in [5.41, 5.74) is -0.121. The molecule has 0 unspecified atom stereocenters. The van der Waals surface area contributed by atoms with E-state index in [1.165, 1.54) is 0 Å². The number of hydrogen-bond donors (Lipinski definition) is 3. The Hall–Kier alpha value is -1.56. The third-order valence-electron chi connectivity index (χ3n) is 2.92. The van der Waals surface area contributed by atoms with Crippen LogP contribution in [0.4, 0.5) is 10.6 Å². The molecule has 1 aromatic heterocycles. The topological polar surface area (TPSA) is 79.2 Å². The second kappa shape index (κ2) is 6.56. The molecular formula is C13H24N4O2. The molecule has 0 aromatic carbocycles. The number of carbonyl (C=O) groups excluding carboxylic acids is 1. The van der Waals surface area contributed by atoms with E-state index in [0.29, 0.717) is 18.8 Å². The lowest BCUT2D eigenvalue weighted by Gasteiger charge is -2.24. The molecule has 0 saturated carbocycles. The van der Waals surface area contributed by atoms with E-state index in [1.54, 1.807) is 16.9 Å². The molecule has 0 radical (unpaired) electrons. The maximum Gasteiger partial charge on any atom is 0.320 e. The van der Waals surface area contributed by atoms with Crippen LogP contribution < -0.4 is 10.6 Å². The summed E-state index contributed by atoms with van der Waals surface area (Å²) in [7, 11) is 0. The highest BCUT2D eigenvalue weighted by Gasteiger charge is 2.18. The summed E-state index contributed by atoms with van der Waals surface area (Å²) in [4.78, 5) is 11.8. The Balaban J connectivity index is 2.49. The van der Waals surface area contributed by atoms with E-state index in [9.17, 15) is 4.79 Å². The van der Waals surface area contributed by atoms with Crippen LogP contribution in [-0.2, 0) is 0 Å². The van der Waals surface area contributed by atoms with Crippen LogP contribution in [0.25, 0.3) is 0 Å². The number of aromatic nitrogens is 2. The van der Waals surface area contributed by atoms with Gasteiger partial charge in [-0.15, -0.1) is 0 Å². The van der Waals surface area contributed by atoms with Crippen molar-refractivity contribution in [3.8, 4) is 0 Å². The lowest BCUT2D eigenvalue weighted by molar-refractivity contribution is 0.204. The van der Waals surface area contributed by atoms with Gasteiger partial charge in [0, 0.05) is 25.3 Å². The molecule has 108 valence electrons. The van der Waals surface area contributed by atoms with Crippen LogP contribution in [0.2, 0.25) is 0 Å². The van der Waals surface area contributed by atoms with Gasteiger partial charge in [0.1, 0.15) is 5.82 Å². The zero-order valence-corrected chi connectivity index (χ0v) is 12.1. The first-order valence-electron chi connectivity index (χ1n) is 6.55. The smallest absolute Gasteiger partial charge is 0.320 e. The molecule has 0 atom stereocenters. The van der Waals surface area contributed by atoms with E-state index < -0.39 is 0 Å². The Bertz CT molecular complexity index is 413. The van der Waals surface area contributed by atoms with Crippen molar-refractivity contribution in [1.82, 2.24) is 15.1 Å². The molecule has 0 bridgehead atoms.